The maximum atomic E-state index is 11.8. The summed E-state index contributed by atoms with van der Waals surface area (Å²) in [5.74, 6) is -1.21. The van der Waals surface area contributed by atoms with Gasteiger partial charge in [-0.15, -0.1) is 5.11 Å². The van der Waals surface area contributed by atoms with E-state index in [-0.39, 0.29) is 48.6 Å². The number of benzene rings is 2. The van der Waals surface area contributed by atoms with Gasteiger partial charge < -0.3 is 19.7 Å². The predicted molar refractivity (Wildman–Crippen MR) is 129 cm³/mol. The van der Waals surface area contributed by atoms with Crippen molar-refractivity contribution in [2.75, 3.05) is 36.5 Å². The third-order valence-corrected chi connectivity index (χ3v) is 4.68. The highest BCUT2D eigenvalue weighted by Crippen LogP contribution is 2.33. The molecule has 0 aliphatic carbocycles. The number of halogens is 1. The molecule has 0 saturated carbocycles. The van der Waals surface area contributed by atoms with E-state index in [0.29, 0.717) is 17.1 Å². The molecule has 1 amide bonds. The van der Waals surface area contributed by atoms with Gasteiger partial charge in [0.05, 0.1) is 40.1 Å². The van der Waals surface area contributed by atoms with Crippen molar-refractivity contribution in [3.8, 4) is 0 Å². The van der Waals surface area contributed by atoms with Crippen LogP contribution in [0.2, 0.25) is 5.02 Å². The summed E-state index contributed by atoms with van der Waals surface area (Å²) >= 11 is 6.05. The predicted octanol–water partition coefficient (Wildman–Crippen LogP) is 4.55. The number of esters is 2. The molecule has 0 aromatic heterocycles. The molecule has 0 aliphatic rings. The Balaban J connectivity index is 2.33. The Labute approximate surface area is 206 Å². The van der Waals surface area contributed by atoms with Crippen molar-refractivity contribution in [3.63, 3.8) is 0 Å². The smallest absolute Gasteiger partial charge is 0.302 e. The molecule has 0 radical (unpaired) electrons. The number of amides is 1. The number of carbonyl (C=O) groups is 3. The molecule has 0 aliphatic heterocycles. The second kappa shape index (κ2) is 13.0. The molecule has 186 valence electrons. The zero-order chi connectivity index (χ0) is 26.0. The van der Waals surface area contributed by atoms with Gasteiger partial charge in [-0.2, -0.15) is 5.11 Å². The largest absolute Gasteiger partial charge is 0.464 e. The number of azo groups is 1. The average Bonchev–Trinajstić information content (AvgIpc) is 2.76. The minimum Gasteiger partial charge on any atom is -0.464 e. The first-order valence-electron chi connectivity index (χ1n) is 10.4. The molecule has 12 nitrogen and oxygen atoms in total. The Bertz CT molecular complexity index is 1120. The van der Waals surface area contributed by atoms with Crippen LogP contribution in [0.3, 0.4) is 0 Å². The van der Waals surface area contributed by atoms with Crippen LogP contribution in [0.1, 0.15) is 20.8 Å². The van der Waals surface area contributed by atoms with E-state index in [2.05, 4.69) is 15.5 Å². The minimum absolute atomic E-state index is 0.0590. The van der Waals surface area contributed by atoms with Gasteiger partial charge in [0.15, 0.2) is 0 Å². The standard InChI is InChI=1S/C22H24ClN5O7/c1-14(29)24-21-12-17(25-26-20-6-5-18(28(32)33)13-19(20)23)4-7-22(21)27(8-10-34-15(2)30)9-11-35-16(3)31/h4-7,12-13H,8-11H2,1-3H3,(H,24,29). The first-order chi connectivity index (χ1) is 16.6. The highest BCUT2D eigenvalue weighted by molar-refractivity contribution is 6.33. The van der Waals surface area contributed by atoms with Crippen molar-refractivity contribution in [1.82, 2.24) is 0 Å². The van der Waals surface area contributed by atoms with Gasteiger partial charge in [0.2, 0.25) is 5.91 Å². The fraction of sp³-hybridized carbons (Fsp3) is 0.318. The first kappa shape index (κ1) is 27.2. The summed E-state index contributed by atoms with van der Waals surface area (Å²) in [6.07, 6.45) is 0. The Hall–Kier alpha value is -4.06. The van der Waals surface area contributed by atoms with E-state index in [4.69, 9.17) is 21.1 Å². The molecule has 35 heavy (non-hydrogen) atoms. The Kier molecular flexibility index (Phi) is 10.1. The molecule has 0 bridgehead atoms. The molecule has 1 N–H and O–H groups in total. The number of ether oxygens (including phenoxy) is 2. The number of carbonyl (C=O) groups excluding carboxylic acids is 3. The summed E-state index contributed by atoms with van der Waals surface area (Å²) < 4.78 is 10.0. The molecule has 2 aromatic carbocycles. The van der Waals surface area contributed by atoms with E-state index < -0.39 is 16.9 Å². The second-order valence-corrected chi connectivity index (χ2v) is 7.55. The number of nitro benzene ring substituents is 1. The van der Waals surface area contributed by atoms with E-state index >= 15 is 0 Å². The van der Waals surface area contributed by atoms with Crippen LogP contribution in [0.25, 0.3) is 0 Å². The van der Waals surface area contributed by atoms with E-state index in [1.807, 2.05) is 0 Å². The number of nitrogens with one attached hydrogen (secondary N) is 1. The van der Waals surface area contributed by atoms with Crippen molar-refractivity contribution in [2.24, 2.45) is 10.2 Å². The van der Waals surface area contributed by atoms with Crippen LogP contribution in [0.15, 0.2) is 46.6 Å². The third kappa shape index (κ3) is 9.01. The van der Waals surface area contributed by atoms with Crippen molar-refractivity contribution in [2.45, 2.75) is 20.8 Å². The molecule has 0 spiro atoms. The number of hydrogen-bond donors (Lipinski definition) is 1. The lowest BCUT2D eigenvalue weighted by Crippen LogP contribution is -2.32. The van der Waals surface area contributed by atoms with E-state index in [9.17, 15) is 24.5 Å². The molecular formula is C22H24ClN5O7. The number of non-ortho nitro benzene ring substituents is 1. The lowest BCUT2D eigenvalue weighted by Gasteiger charge is -2.27. The summed E-state index contributed by atoms with van der Waals surface area (Å²) in [5, 5.41) is 21.8. The van der Waals surface area contributed by atoms with Gasteiger partial charge in [-0.3, -0.25) is 24.5 Å². The summed E-state index contributed by atoms with van der Waals surface area (Å²) in [5.41, 5.74) is 1.40. The Morgan fingerprint density at radius 3 is 2.14 bits per heavy atom. The van der Waals surface area contributed by atoms with Gasteiger partial charge >= 0.3 is 11.9 Å². The second-order valence-electron chi connectivity index (χ2n) is 7.14. The van der Waals surface area contributed by atoms with Crippen LogP contribution in [-0.2, 0) is 23.9 Å². The number of nitro groups is 1. The molecular weight excluding hydrogens is 482 g/mol. The van der Waals surface area contributed by atoms with Gasteiger partial charge in [-0.25, -0.2) is 0 Å². The van der Waals surface area contributed by atoms with Crippen molar-refractivity contribution < 1.29 is 28.8 Å². The first-order valence-corrected chi connectivity index (χ1v) is 10.7. The fourth-order valence-corrected chi connectivity index (χ4v) is 3.12. The number of rotatable bonds is 11. The van der Waals surface area contributed by atoms with Crippen molar-refractivity contribution >= 4 is 57.9 Å². The van der Waals surface area contributed by atoms with Gasteiger partial charge in [-0.05, 0) is 24.3 Å². The molecule has 13 heteroatoms. The van der Waals surface area contributed by atoms with Gasteiger partial charge in [-0.1, -0.05) is 11.6 Å². The monoisotopic (exact) mass is 505 g/mol. The number of anilines is 2. The molecule has 0 heterocycles. The normalized spacial score (nSPS) is 10.6. The molecule has 0 saturated heterocycles. The maximum Gasteiger partial charge on any atom is 0.302 e. The topological polar surface area (TPSA) is 153 Å². The number of nitrogens with zero attached hydrogens (tertiary/aromatic N) is 4. The van der Waals surface area contributed by atoms with Crippen LogP contribution in [0.5, 0.6) is 0 Å². The SMILES string of the molecule is CC(=O)Nc1cc(N=Nc2ccc([N+](=O)[O-])cc2Cl)ccc1N(CCOC(C)=O)CCOC(C)=O. The number of hydrogen-bond acceptors (Lipinski definition) is 10. The quantitative estimate of drug-likeness (QED) is 0.202. The van der Waals surface area contributed by atoms with E-state index in [0.717, 1.165) is 0 Å². The molecule has 0 fully saturated rings. The maximum absolute atomic E-state index is 11.8. The zero-order valence-electron chi connectivity index (χ0n) is 19.3. The van der Waals surface area contributed by atoms with Crippen molar-refractivity contribution in [1.29, 1.82) is 0 Å². The molecule has 2 rings (SSSR count). The average molecular weight is 506 g/mol. The zero-order valence-corrected chi connectivity index (χ0v) is 20.1. The van der Waals surface area contributed by atoms with E-state index in [1.165, 1.54) is 39.0 Å². The van der Waals surface area contributed by atoms with E-state index in [1.54, 1.807) is 23.1 Å². The molecule has 0 atom stereocenters. The van der Waals surface area contributed by atoms with Crippen LogP contribution < -0.4 is 10.2 Å². The van der Waals surface area contributed by atoms with Crippen LogP contribution in [0, 0.1) is 10.1 Å². The van der Waals surface area contributed by atoms with Crippen LogP contribution in [0.4, 0.5) is 28.4 Å². The Morgan fingerprint density at radius 1 is 1.00 bits per heavy atom. The summed E-state index contributed by atoms with van der Waals surface area (Å²) in [4.78, 5) is 46.2. The van der Waals surface area contributed by atoms with Crippen LogP contribution in [-0.4, -0.2) is 49.1 Å². The Morgan fingerprint density at radius 2 is 1.63 bits per heavy atom. The van der Waals surface area contributed by atoms with Gasteiger partial charge in [0.1, 0.15) is 18.9 Å². The highest BCUT2D eigenvalue weighted by atomic mass is 35.5. The highest BCUT2D eigenvalue weighted by Gasteiger charge is 2.15. The minimum atomic E-state index is -0.570. The lowest BCUT2D eigenvalue weighted by atomic mass is 10.2. The molecule has 0 unspecified atom stereocenters. The third-order valence-electron chi connectivity index (χ3n) is 4.38. The van der Waals surface area contributed by atoms with Crippen LogP contribution >= 0.6 is 11.6 Å². The van der Waals surface area contributed by atoms with Crippen molar-refractivity contribution in [3.05, 3.63) is 51.5 Å². The summed E-state index contributed by atoms with van der Waals surface area (Å²) in [6.45, 7) is 4.63. The van der Waals surface area contributed by atoms with Gasteiger partial charge in [0.25, 0.3) is 5.69 Å². The molecule has 2 aromatic rings. The summed E-state index contributed by atoms with van der Waals surface area (Å²) in [6, 6.07) is 8.69. The fourth-order valence-electron chi connectivity index (χ4n) is 2.91. The van der Waals surface area contributed by atoms with Gasteiger partial charge in [0, 0.05) is 32.9 Å². The lowest BCUT2D eigenvalue weighted by molar-refractivity contribution is -0.384. The summed E-state index contributed by atoms with van der Waals surface area (Å²) in [7, 11) is 0.